The van der Waals surface area contributed by atoms with Gasteiger partial charge in [-0.3, -0.25) is 9.59 Å². The van der Waals surface area contributed by atoms with Crippen LogP contribution in [0.25, 0.3) is 0 Å². The molecule has 5 nitrogen and oxygen atoms in total. The lowest BCUT2D eigenvalue weighted by Gasteiger charge is -2.24. The minimum atomic E-state index is -0.237. The summed E-state index contributed by atoms with van der Waals surface area (Å²) in [6.07, 6.45) is 0. The van der Waals surface area contributed by atoms with Crippen molar-refractivity contribution >= 4 is 29.3 Å². The smallest absolute Gasteiger partial charge is 0.275 e. The third-order valence-electron chi connectivity index (χ3n) is 3.47. The van der Waals surface area contributed by atoms with Crippen molar-refractivity contribution in [3.63, 3.8) is 0 Å². The first-order valence-electron chi connectivity index (χ1n) is 6.78. The first kappa shape index (κ1) is 15.1. The molecule has 1 fully saturated rings. The molecule has 0 aliphatic carbocycles. The van der Waals surface area contributed by atoms with Crippen molar-refractivity contribution < 1.29 is 4.79 Å². The second kappa shape index (κ2) is 6.14. The molecule has 3 rings (SSSR count). The van der Waals surface area contributed by atoms with Gasteiger partial charge in [-0.2, -0.15) is 5.10 Å². The number of hydrogen-bond acceptors (Lipinski definition) is 4. The molecule has 1 aromatic heterocycles. The Bertz CT molecular complexity index is 777. The highest BCUT2D eigenvalue weighted by Crippen LogP contribution is 2.39. The number of carbonyl (C=O) groups excluding carboxylic acids is 1. The van der Waals surface area contributed by atoms with E-state index in [1.165, 1.54) is 23.9 Å². The standard InChI is InChI=1S/C15H14ClN3O2S/c1-18-13(20)6-5-12(17-18)14(21)19-7-8-22-15(19)10-3-2-4-11(16)9-10/h2-6,9,15H,7-8H2,1H3. The number of rotatable bonds is 2. The van der Waals surface area contributed by atoms with Gasteiger partial charge >= 0.3 is 0 Å². The van der Waals surface area contributed by atoms with Crippen LogP contribution in [0.2, 0.25) is 5.02 Å². The van der Waals surface area contributed by atoms with Gasteiger partial charge in [-0.25, -0.2) is 4.68 Å². The van der Waals surface area contributed by atoms with Gasteiger partial charge in [0.25, 0.3) is 11.5 Å². The third kappa shape index (κ3) is 2.89. The fourth-order valence-electron chi connectivity index (χ4n) is 2.38. The van der Waals surface area contributed by atoms with Crippen molar-refractivity contribution in [1.29, 1.82) is 0 Å². The molecular formula is C15H14ClN3O2S. The molecule has 1 aliphatic heterocycles. The van der Waals surface area contributed by atoms with Gasteiger partial charge in [0.2, 0.25) is 0 Å². The van der Waals surface area contributed by atoms with E-state index in [-0.39, 0.29) is 22.5 Å². The number of hydrogen-bond donors (Lipinski definition) is 0. The summed E-state index contributed by atoms with van der Waals surface area (Å²) in [7, 11) is 1.53. The van der Waals surface area contributed by atoms with E-state index >= 15 is 0 Å². The van der Waals surface area contributed by atoms with Crippen LogP contribution in [0.1, 0.15) is 21.4 Å². The number of benzene rings is 1. The topological polar surface area (TPSA) is 55.2 Å². The van der Waals surface area contributed by atoms with Crippen molar-refractivity contribution in [2.24, 2.45) is 7.05 Å². The zero-order valence-corrected chi connectivity index (χ0v) is 13.5. The van der Waals surface area contributed by atoms with Crippen molar-refractivity contribution in [2.75, 3.05) is 12.3 Å². The van der Waals surface area contributed by atoms with Gasteiger partial charge in [0.05, 0.1) is 0 Å². The van der Waals surface area contributed by atoms with Gasteiger partial charge in [0.15, 0.2) is 0 Å². The average Bonchev–Trinajstić information content (AvgIpc) is 2.99. The van der Waals surface area contributed by atoms with E-state index in [1.807, 2.05) is 24.3 Å². The summed E-state index contributed by atoms with van der Waals surface area (Å²) in [6, 6.07) is 10.4. The van der Waals surface area contributed by atoms with E-state index in [0.717, 1.165) is 11.3 Å². The van der Waals surface area contributed by atoms with Crippen LogP contribution < -0.4 is 5.56 Å². The maximum Gasteiger partial charge on any atom is 0.275 e. The summed E-state index contributed by atoms with van der Waals surface area (Å²) in [5.41, 5.74) is 1.03. The summed E-state index contributed by atoms with van der Waals surface area (Å²) in [5.74, 6) is 0.680. The minimum absolute atomic E-state index is 0.0785. The second-order valence-corrected chi connectivity index (χ2v) is 6.58. The van der Waals surface area contributed by atoms with Crippen LogP contribution in [-0.2, 0) is 7.05 Å². The molecule has 2 heterocycles. The second-order valence-electron chi connectivity index (χ2n) is 4.96. The van der Waals surface area contributed by atoms with Crippen molar-refractivity contribution in [1.82, 2.24) is 14.7 Å². The number of aryl methyl sites for hydroxylation is 1. The molecule has 1 atom stereocenters. The summed E-state index contributed by atoms with van der Waals surface area (Å²) in [5, 5.41) is 4.61. The fraction of sp³-hybridized carbons (Fsp3) is 0.267. The summed E-state index contributed by atoms with van der Waals surface area (Å²) < 4.78 is 1.17. The summed E-state index contributed by atoms with van der Waals surface area (Å²) in [6.45, 7) is 0.644. The lowest BCUT2D eigenvalue weighted by molar-refractivity contribution is 0.0751. The number of thioether (sulfide) groups is 1. The van der Waals surface area contributed by atoms with Crippen LogP contribution >= 0.6 is 23.4 Å². The fourth-order valence-corrected chi connectivity index (χ4v) is 3.82. The van der Waals surface area contributed by atoms with E-state index in [1.54, 1.807) is 16.7 Å². The van der Waals surface area contributed by atoms with Crippen molar-refractivity contribution in [3.05, 3.63) is 63.0 Å². The van der Waals surface area contributed by atoms with Gasteiger partial charge < -0.3 is 4.90 Å². The Kier molecular flexibility index (Phi) is 4.22. The molecule has 22 heavy (non-hydrogen) atoms. The normalized spacial score (nSPS) is 17.7. The monoisotopic (exact) mass is 335 g/mol. The van der Waals surface area contributed by atoms with Gasteiger partial charge in [-0.05, 0) is 23.8 Å². The maximum atomic E-state index is 12.7. The summed E-state index contributed by atoms with van der Waals surface area (Å²) in [4.78, 5) is 25.8. The maximum absolute atomic E-state index is 12.7. The quantitative estimate of drug-likeness (QED) is 0.845. The van der Waals surface area contributed by atoms with Crippen LogP contribution in [0, 0.1) is 0 Å². The lowest BCUT2D eigenvalue weighted by atomic mass is 10.2. The first-order chi connectivity index (χ1) is 10.6. The molecule has 0 bridgehead atoms. The van der Waals surface area contributed by atoms with E-state index in [9.17, 15) is 9.59 Å². The number of aromatic nitrogens is 2. The van der Waals surface area contributed by atoms with E-state index < -0.39 is 0 Å². The SMILES string of the molecule is Cn1nc(C(=O)N2CCSC2c2cccc(Cl)c2)ccc1=O. The molecule has 1 amide bonds. The largest absolute Gasteiger partial charge is 0.320 e. The van der Waals surface area contributed by atoms with Gasteiger partial charge in [-0.1, -0.05) is 23.7 Å². The van der Waals surface area contributed by atoms with Crippen LogP contribution in [-0.4, -0.2) is 32.9 Å². The van der Waals surface area contributed by atoms with E-state index in [4.69, 9.17) is 11.6 Å². The Hall–Kier alpha value is -1.79. The molecule has 0 spiro atoms. The zero-order chi connectivity index (χ0) is 15.7. The van der Waals surface area contributed by atoms with Crippen LogP contribution in [0.15, 0.2) is 41.2 Å². The Morgan fingerprint density at radius 2 is 2.18 bits per heavy atom. The average molecular weight is 336 g/mol. The molecule has 0 saturated carbocycles. The molecule has 114 valence electrons. The van der Waals surface area contributed by atoms with Crippen LogP contribution in [0.5, 0.6) is 0 Å². The number of halogens is 1. The molecule has 1 unspecified atom stereocenters. The number of carbonyl (C=O) groups is 1. The number of amides is 1. The highest BCUT2D eigenvalue weighted by Gasteiger charge is 2.32. The van der Waals surface area contributed by atoms with Gasteiger partial charge in [-0.15, -0.1) is 11.8 Å². The predicted molar refractivity (Wildman–Crippen MR) is 87.2 cm³/mol. The highest BCUT2D eigenvalue weighted by molar-refractivity contribution is 7.99. The Morgan fingerprint density at radius 3 is 2.91 bits per heavy atom. The minimum Gasteiger partial charge on any atom is -0.320 e. The molecule has 1 aromatic carbocycles. The predicted octanol–water partition coefficient (Wildman–Crippen LogP) is 2.32. The molecule has 1 saturated heterocycles. The van der Waals surface area contributed by atoms with Gasteiger partial charge in [0.1, 0.15) is 11.1 Å². The summed E-state index contributed by atoms with van der Waals surface area (Å²) >= 11 is 7.74. The Balaban J connectivity index is 1.90. The van der Waals surface area contributed by atoms with Gasteiger partial charge in [0, 0.05) is 30.4 Å². The number of nitrogens with zero attached hydrogens (tertiary/aromatic N) is 3. The Labute approximate surface area is 136 Å². The van der Waals surface area contributed by atoms with Crippen molar-refractivity contribution in [3.8, 4) is 0 Å². The Morgan fingerprint density at radius 1 is 1.36 bits per heavy atom. The van der Waals surface area contributed by atoms with E-state index in [2.05, 4.69) is 5.10 Å². The van der Waals surface area contributed by atoms with Crippen LogP contribution in [0.4, 0.5) is 0 Å². The van der Waals surface area contributed by atoms with E-state index in [0.29, 0.717) is 11.6 Å². The first-order valence-corrected chi connectivity index (χ1v) is 8.21. The lowest BCUT2D eigenvalue weighted by Crippen LogP contribution is -2.33. The van der Waals surface area contributed by atoms with Crippen molar-refractivity contribution in [2.45, 2.75) is 5.37 Å². The third-order valence-corrected chi connectivity index (χ3v) is 4.96. The van der Waals surface area contributed by atoms with Crippen LogP contribution in [0.3, 0.4) is 0 Å². The molecule has 1 aliphatic rings. The highest BCUT2D eigenvalue weighted by atomic mass is 35.5. The molecular weight excluding hydrogens is 322 g/mol. The molecule has 7 heteroatoms. The molecule has 2 aromatic rings. The molecule has 0 N–H and O–H groups in total. The zero-order valence-electron chi connectivity index (χ0n) is 11.9. The molecule has 0 radical (unpaired) electrons.